The van der Waals surface area contributed by atoms with Crippen LogP contribution in [-0.2, 0) is 42.7 Å². The van der Waals surface area contributed by atoms with Crippen molar-refractivity contribution in [3.63, 3.8) is 0 Å². The highest BCUT2D eigenvalue weighted by Gasteiger charge is 2.17. The zero-order valence-corrected chi connectivity index (χ0v) is 21.5. The monoisotopic (exact) mass is 492 g/mol. The van der Waals surface area contributed by atoms with Crippen molar-refractivity contribution in [3.8, 4) is 0 Å². The number of carbonyl (C=O) groups is 1. The molecule has 1 rings (SSSR count). The highest BCUT2D eigenvalue weighted by molar-refractivity contribution is 5.72. The van der Waals surface area contributed by atoms with Crippen molar-refractivity contribution >= 4 is 5.97 Å². The van der Waals surface area contributed by atoms with Crippen LogP contribution in [-0.4, -0.2) is 98.1 Å². The van der Waals surface area contributed by atoms with Crippen molar-refractivity contribution in [2.45, 2.75) is 65.1 Å². The smallest absolute Gasteiger partial charge is 0.308 e. The van der Waals surface area contributed by atoms with Crippen molar-refractivity contribution in [1.29, 1.82) is 0 Å². The number of esters is 1. The van der Waals surface area contributed by atoms with Gasteiger partial charge in [-0.3, -0.25) is 4.79 Å². The third kappa shape index (κ3) is 18.5. The summed E-state index contributed by atoms with van der Waals surface area (Å²) >= 11 is 0. The van der Waals surface area contributed by atoms with Crippen molar-refractivity contribution in [3.05, 3.63) is 0 Å². The molecule has 1 saturated heterocycles. The second kappa shape index (κ2) is 23.9. The van der Waals surface area contributed by atoms with Crippen molar-refractivity contribution in [1.82, 2.24) is 0 Å². The molecule has 0 aromatic heterocycles. The van der Waals surface area contributed by atoms with Crippen LogP contribution in [0.15, 0.2) is 0 Å². The molecule has 0 aromatic rings. The average molecular weight is 493 g/mol. The minimum atomic E-state index is -0.112. The highest BCUT2D eigenvalue weighted by Crippen LogP contribution is 2.14. The Bertz CT molecular complexity index is 444. The summed E-state index contributed by atoms with van der Waals surface area (Å²) in [6.07, 6.45) is 7.07. The molecule has 34 heavy (non-hydrogen) atoms. The molecular weight excluding hydrogens is 444 g/mol. The Morgan fingerprint density at radius 2 is 1.29 bits per heavy atom. The SMILES string of the molecule is CCCCC(CC)C(=O)OCCOCCOCCOCCOCCOCCOC1CCCCO1. The van der Waals surface area contributed by atoms with Crippen LogP contribution in [0.5, 0.6) is 0 Å². The molecule has 1 aliphatic heterocycles. The van der Waals surface area contributed by atoms with Gasteiger partial charge in [0, 0.05) is 6.61 Å². The fourth-order valence-electron chi connectivity index (χ4n) is 3.32. The van der Waals surface area contributed by atoms with Gasteiger partial charge in [0.05, 0.1) is 78.6 Å². The first-order chi connectivity index (χ1) is 16.8. The number of rotatable bonds is 24. The normalized spacial score (nSPS) is 17.1. The molecule has 0 bridgehead atoms. The van der Waals surface area contributed by atoms with E-state index in [0.717, 1.165) is 45.1 Å². The first-order valence-corrected chi connectivity index (χ1v) is 13.1. The average Bonchev–Trinajstić information content (AvgIpc) is 2.86. The van der Waals surface area contributed by atoms with Gasteiger partial charge >= 0.3 is 5.97 Å². The Balaban J connectivity index is 1.72. The van der Waals surface area contributed by atoms with E-state index in [1.807, 2.05) is 6.92 Å². The summed E-state index contributed by atoms with van der Waals surface area (Å²) in [5, 5.41) is 0. The molecule has 0 aromatic carbocycles. The van der Waals surface area contributed by atoms with E-state index in [0.29, 0.717) is 79.3 Å². The lowest BCUT2D eigenvalue weighted by atomic mass is 10.00. The summed E-state index contributed by atoms with van der Waals surface area (Å²) in [6.45, 7) is 10.8. The van der Waals surface area contributed by atoms with E-state index in [2.05, 4.69) is 6.92 Å². The predicted molar refractivity (Wildman–Crippen MR) is 128 cm³/mol. The molecule has 1 heterocycles. The molecular formula is C25H48O9. The van der Waals surface area contributed by atoms with Gasteiger partial charge in [-0.25, -0.2) is 0 Å². The molecule has 0 amide bonds. The standard InChI is InChI=1S/C25H48O9/c1-3-5-8-23(4-2)25(26)34-22-20-31-18-16-29-14-12-27-11-13-28-15-17-30-19-21-33-24-9-6-7-10-32-24/h23-24H,3-22H2,1-2H3. The minimum absolute atomic E-state index is 0.00808. The second-order valence-corrected chi connectivity index (χ2v) is 8.14. The molecule has 9 heteroatoms. The van der Waals surface area contributed by atoms with E-state index in [1.165, 1.54) is 6.42 Å². The Hall–Kier alpha value is -0.810. The third-order valence-corrected chi connectivity index (χ3v) is 5.36. The maximum absolute atomic E-state index is 12.0. The van der Waals surface area contributed by atoms with E-state index in [-0.39, 0.29) is 18.2 Å². The van der Waals surface area contributed by atoms with Gasteiger partial charge in [0.2, 0.25) is 0 Å². The molecule has 0 saturated carbocycles. The van der Waals surface area contributed by atoms with Crippen LogP contribution in [0.25, 0.3) is 0 Å². The summed E-state index contributed by atoms with van der Waals surface area (Å²) in [5.41, 5.74) is 0. The summed E-state index contributed by atoms with van der Waals surface area (Å²) < 4.78 is 43.6. The van der Waals surface area contributed by atoms with Crippen LogP contribution < -0.4 is 0 Å². The predicted octanol–water partition coefficient (Wildman–Crippen LogP) is 3.37. The lowest BCUT2D eigenvalue weighted by molar-refractivity contribution is -0.169. The van der Waals surface area contributed by atoms with E-state index in [1.54, 1.807) is 0 Å². The number of hydrogen-bond acceptors (Lipinski definition) is 9. The highest BCUT2D eigenvalue weighted by atomic mass is 16.7. The van der Waals surface area contributed by atoms with Crippen LogP contribution in [0.1, 0.15) is 58.8 Å². The van der Waals surface area contributed by atoms with Gasteiger partial charge in [-0.1, -0.05) is 26.7 Å². The fraction of sp³-hybridized carbons (Fsp3) is 0.960. The van der Waals surface area contributed by atoms with Gasteiger partial charge in [-0.15, -0.1) is 0 Å². The molecule has 2 atom stereocenters. The number of carbonyl (C=O) groups excluding carboxylic acids is 1. The number of hydrogen-bond donors (Lipinski definition) is 0. The van der Waals surface area contributed by atoms with Crippen LogP contribution in [0.2, 0.25) is 0 Å². The van der Waals surface area contributed by atoms with Crippen molar-refractivity contribution in [2.75, 3.05) is 85.9 Å². The van der Waals surface area contributed by atoms with E-state index in [4.69, 9.17) is 37.9 Å². The number of unbranched alkanes of at least 4 members (excludes halogenated alkanes) is 1. The van der Waals surface area contributed by atoms with Gasteiger partial charge in [0.1, 0.15) is 6.61 Å². The second-order valence-electron chi connectivity index (χ2n) is 8.14. The first kappa shape index (κ1) is 31.2. The fourth-order valence-corrected chi connectivity index (χ4v) is 3.32. The van der Waals surface area contributed by atoms with Gasteiger partial charge in [0.25, 0.3) is 0 Å². The summed E-state index contributed by atoms with van der Waals surface area (Å²) in [7, 11) is 0. The van der Waals surface area contributed by atoms with E-state index >= 15 is 0 Å². The molecule has 0 aliphatic carbocycles. The van der Waals surface area contributed by atoms with Gasteiger partial charge in [-0.05, 0) is 32.1 Å². The molecule has 2 unspecified atom stereocenters. The maximum Gasteiger partial charge on any atom is 0.308 e. The largest absolute Gasteiger partial charge is 0.463 e. The van der Waals surface area contributed by atoms with Gasteiger partial charge in [-0.2, -0.15) is 0 Å². The maximum atomic E-state index is 12.0. The molecule has 0 radical (unpaired) electrons. The first-order valence-electron chi connectivity index (χ1n) is 13.1. The van der Waals surface area contributed by atoms with Crippen LogP contribution in [0.3, 0.4) is 0 Å². The Morgan fingerprint density at radius 1 is 0.765 bits per heavy atom. The Kier molecular flexibility index (Phi) is 22.0. The Labute approximate surface area is 206 Å². The summed E-state index contributed by atoms with van der Waals surface area (Å²) in [6, 6.07) is 0. The van der Waals surface area contributed by atoms with E-state index in [9.17, 15) is 4.79 Å². The summed E-state index contributed by atoms with van der Waals surface area (Å²) in [4.78, 5) is 12.0. The zero-order chi connectivity index (χ0) is 24.5. The van der Waals surface area contributed by atoms with Gasteiger partial charge in [0.15, 0.2) is 6.29 Å². The minimum Gasteiger partial charge on any atom is -0.463 e. The molecule has 0 spiro atoms. The van der Waals surface area contributed by atoms with Crippen molar-refractivity contribution in [2.24, 2.45) is 5.92 Å². The Morgan fingerprint density at radius 3 is 1.76 bits per heavy atom. The van der Waals surface area contributed by atoms with Gasteiger partial charge < -0.3 is 37.9 Å². The molecule has 1 fully saturated rings. The zero-order valence-electron chi connectivity index (χ0n) is 21.5. The topological polar surface area (TPSA) is 90.9 Å². The lowest BCUT2D eigenvalue weighted by Crippen LogP contribution is -2.24. The molecule has 1 aliphatic rings. The van der Waals surface area contributed by atoms with Crippen molar-refractivity contribution < 1.29 is 42.7 Å². The van der Waals surface area contributed by atoms with Crippen LogP contribution in [0.4, 0.5) is 0 Å². The molecule has 9 nitrogen and oxygen atoms in total. The summed E-state index contributed by atoms with van der Waals surface area (Å²) in [5.74, 6) is -0.104. The van der Waals surface area contributed by atoms with Crippen LogP contribution >= 0.6 is 0 Å². The molecule has 202 valence electrons. The quantitative estimate of drug-likeness (QED) is 0.149. The lowest BCUT2D eigenvalue weighted by Gasteiger charge is -2.22. The molecule has 0 N–H and O–H groups in total. The number of ether oxygens (including phenoxy) is 8. The third-order valence-electron chi connectivity index (χ3n) is 5.36. The van der Waals surface area contributed by atoms with E-state index < -0.39 is 0 Å². The van der Waals surface area contributed by atoms with Crippen LogP contribution in [0, 0.1) is 5.92 Å².